The van der Waals surface area contributed by atoms with Crippen molar-refractivity contribution in [2.24, 2.45) is 11.1 Å². The second kappa shape index (κ2) is 4.13. The predicted octanol–water partition coefficient (Wildman–Crippen LogP) is 0.790. The fourth-order valence-electron chi connectivity index (χ4n) is 1.13. The van der Waals surface area contributed by atoms with E-state index >= 15 is 0 Å². The zero-order valence-corrected chi connectivity index (χ0v) is 8.53. The molecule has 0 aliphatic carbocycles. The van der Waals surface area contributed by atoms with Crippen LogP contribution in [0.5, 0.6) is 0 Å². The molecule has 80 valence electrons. The minimum absolute atomic E-state index is 0.0106. The first-order valence-corrected chi connectivity index (χ1v) is 4.57. The minimum Gasteiger partial charge on any atom is -0.462 e. The van der Waals surface area contributed by atoms with E-state index in [0.717, 1.165) is 0 Å². The lowest BCUT2D eigenvalue weighted by Crippen LogP contribution is -2.32. The summed E-state index contributed by atoms with van der Waals surface area (Å²) in [6.07, 6.45) is 0. The van der Waals surface area contributed by atoms with Crippen LogP contribution in [0.1, 0.15) is 31.4 Å². The maximum Gasteiger partial charge on any atom is 0.129 e. The zero-order valence-electron chi connectivity index (χ0n) is 8.53. The highest BCUT2D eigenvalue weighted by Crippen LogP contribution is 2.31. The monoisotopic (exact) mass is 199 g/mol. The summed E-state index contributed by atoms with van der Waals surface area (Å²) in [5, 5.41) is 17.9. The summed E-state index contributed by atoms with van der Waals surface area (Å²) in [7, 11) is 0. The fraction of sp³-hybridized carbons (Fsp3) is 0.600. The number of nitrogens with two attached hydrogens (primary N) is 1. The second-order valence-electron chi connectivity index (χ2n) is 4.09. The number of aliphatic hydroxyl groups excluding tert-OH is 2. The van der Waals surface area contributed by atoms with Crippen LogP contribution in [0.15, 0.2) is 16.5 Å². The molecule has 0 spiro atoms. The molecule has 0 saturated carbocycles. The van der Waals surface area contributed by atoms with Crippen molar-refractivity contribution in [2.45, 2.75) is 26.5 Å². The summed E-state index contributed by atoms with van der Waals surface area (Å²) in [4.78, 5) is 0. The molecule has 1 heterocycles. The number of hydrogen-bond acceptors (Lipinski definition) is 4. The lowest BCUT2D eigenvalue weighted by Gasteiger charge is -2.27. The van der Waals surface area contributed by atoms with Crippen LogP contribution in [0.2, 0.25) is 0 Å². The average molecular weight is 199 g/mol. The summed E-state index contributed by atoms with van der Waals surface area (Å²) in [5.74, 6) is 1.08. The quantitative estimate of drug-likeness (QED) is 0.669. The maximum atomic E-state index is 9.12. The molecule has 0 radical (unpaired) electrons. The summed E-state index contributed by atoms with van der Waals surface area (Å²) in [5.41, 5.74) is 5.49. The molecule has 4 N–H and O–H groups in total. The molecule has 4 nitrogen and oxygen atoms in total. The van der Waals surface area contributed by atoms with E-state index in [0.29, 0.717) is 11.5 Å². The van der Waals surface area contributed by atoms with Crippen LogP contribution in [0, 0.1) is 5.41 Å². The number of furan rings is 1. The number of aliphatic hydroxyl groups is 2. The van der Waals surface area contributed by atoms with Gasteiger partial charge in [-0.3, -0.25) is 0 Å². The molecule has 0 aliphatic heterocycles. The Labute approximate surface area is 83.3 Å². The van der Waals surface area contributed by atoms with Crippen LogP contribution < -0.4 is 5.73 Å². The van der Waals surface area contributed by atoms with Gasteiger partial charge in [0.2, 0.25) is 0 Å². The number of hydrogen-bond donors (Lipinski definition) is 3. The van der Waals surface area contributed by atoms with E-state index in [1.54, 1.807) is 12.1 Å². The van der Waals surface area contributed by atoms with Crippen molar-refractivity contribution in [3.05, 3.63) is 23.7 Å². The van der Waals surface area contributed by atoms with Gasteiger partial charge in [0, 0.05) is 5.41 Å². The lowest BCUT2D eigenvalue weighted by molar-refractivity contribution is 0.120. The SMILES string of the molecule is CC(C)(CO)[C@H](N)c1ccc(CO)o1. The number of rotatable bonds is 4. The van der Waals surface area contributed by atoms with Gasteiger partial charge in [0.1, 0.15) is 18.1 Å². The summed E-state index contributed by atoms with van der Waals surface area (Å²) < 4.78 is 5.30. The van der Waals surface area contributed by atoms with Crippen molar-refractivity contribution in [2.75, 3.05) is 6.61 Å². The van der Waals surface area contributed by atoms with Crippen molar-refractivity contribution in [1.29, 1.82) is 0 Å². The van der Waals surface area contributed by atoms with Gasteiger partial charge in [-0.25, -0.2) is 0 Å². The summed E-state index contributed by atoms with van der Waals surface area (Å²) in [6, 6.07) is 3.05. The van der Waals surface area contributed by atoms with Crippen LogP contribution in [-0.2, 0) is 6.61 Å². The van der Waals surface area contributed by atoms with E-state index in [-0.39, 0.29) is 19.3 Å². The molecule has 1 aromatic heterocycles. The predicted molar refractivity (Wildman–Crippen MR) is 52.4 cm³/mol. The average Bonchev–Trinajstić information content (AvgIpc) is 2.64. The first-order chi connectivity index (χ1) is 6.51. The third kappa shape index (κ3) is 2.15. The molecular weight excluding hydrogens is 182 g/mol. The zero-order chi connectivity index (χ0) is 10.8. The molecule has 0 unspecified atom stereocenters. The normalized spacial score (nSPS) is 14.4. The fourth-order valence-corrected chi connectivity index (χ4v) is 1.13. The van der Waals surface area contributed by atoms with E-state index in [9.17, 15) is 0 Å². The molecule has 0 bridgehead atoms. The van der Waals surface area contributed by atoms with Crippen LogP contribution in [-0.4, -0.2) is 16.8 Å². The highest BCUT2D eigenvalue weighted by molar-refractivity contribution is 5.12. The van der Waals surface area contributed by atoms with E-state index < -0.39 is 5.41 Å². The van der Waals surface area contributed by atoms with Gasteiger partial charge in [-0.1, -0.05) is 13.8 Å². The largest absolute Gasteiger partial charge is 0.462 e. The molecule has 0 aliphatic rings. The molecule has 1 atom stereocenters. The molecule has 1 rings (SSSR count). The van der Waals surface area contributed by atoms with Crippen LogP contribution in [0.3, 0.4) is 0 Å². The molecular formula is C10H17NO3. The van der Waals surface area contributed by atoms with E-state index in [1.807, 2.05) is 13.8 Å². The van der Waals surface area contributed by atoms with Gasteiger partial charge >= 0.3 is 0 Å². The molecule has 4 heteroatoms. The third-order valence-corrected chi connectivity index (χ3v) is 2.39. The van der Waals surface area contributed by atoms with Crippen LogP contribution in [0.4, 0.5) is 0 Å². The van der Waals surface area contributed by atoms with E-state index in [4.69, 9.17) is 20.4 Å². The van der Waals surface area contributed by atoms with Gasteiger partial charge in [0.25, 0.3) is 0 Å². The summed E-state index contributed by atoms with van der Waals surface area (Å²) >= 11 is 0. The van der Waals surface area contributed by atoms with Gasteiger partial charge in [-0.15, -0.1) is 0 Å². The second-order valence-corrected chi connectivity index (χ2v) is 4.09. The van der Waals surface area contributed by atoms with Crippen molar-refractivity contribution < 1.29 is 14.6 Å². The minimum atomic E-state index is -0.426. The molecule has 0 amide bonds. The lowest BCUT2D eigenvalue weighted by atomic mass is 9.84. The third-order valence-electron chi connectivity index (χ3n) is 2.39. The highest BCUT2D eigenvalue weighted by Gasteiger charge is 2.29. The molecule has 0 aromatic carbocycles. The van der Waals surface area contributed by atoms with Gasteiger partial charge in [-0.2, -0.15) is 0 Å². The molecule has 1 aromatic rings. The Bertz CT molecular complexity index is 293. The van der Waals surface area contributed by atoms with Crippen molar-refractivity contribution in [3.8, 4) is 0 Å². The van der Waals surface area contributed by atoms with Crippen molar-refractivity contribution in [3.63, 3.8) is 0 Å². The van der Waals surface area contributed by atoms with Gasteiger partial charge in [0.15, 0.2) is 0 Å². The summed E-state index contributed by atoms with van der Waals surface area (Å²) in [6.45, 7) is 3.58. The smallest absolute Gasteiger partial charge is 0.129 e. The topological polar surface area (TPSA) is 79.6 Å². The van der Waals surface area contributed by atoms with Crippen LogP contribution in [0.25, 0.3) is 0 Å². The van der Waals surface area contributed by atoms with E-state index in [1.165, 1.54) is 0 Å². The standard InChI is InChI=1S/C10H17NO3/c1-10(2,6-13)9(11)8-4-3-7(5-12)14-8/h3-4,9,12-13H,5-6,11H2,1-2H3/t9-/m1/s1. The van der Waals surface area contributed by atoms with E-state index in [2.05, 4.69) is 0 Å². The van der Waals surface area contributed by atoms with Crippen LogP contribution >= 0.6 is 0 Å². The van der Waals surface area contributed by atoms with Crippen molar-refractivity contribution in [1.82, 2.24) is 0 Å². The molecule has 14 heavy (non-hydrogen) atoms. The van der Waals surface area contributed by atoms with Gasteiger partial charge < -0.3 is 20.4 Å². The Balaban J connectivity index is 2.83. The Morgan fingerprint density at radius 3 is 2.50 bits per heavy atom. The first kappa shape index (κ1) is 11.2. The first-order valence-electron chi connectivity index (χ1n) is 4.57. The molecule has 0 fully saturated rings. The Hall–Kier alpha value is -0.840. The molecule has 0 saturated heterocycles. The highest BCUT2D eigenvalue weighted by atomic mass is 16.4. The van der Waals surface area contributed by atoms with Gasteiger partial charge in [-0.05, 0) is 12.1 Å². The van der Waals surface area contributed by atoms with Crippen molar-refractivity contribution >= 4 is 0 Å². The Morgan fingerprint density at radius 2 is 2.07 bits per heavy atom. The van der Waals surface area contributed by atoms with Gasteiger partial charge in [0.05, 0.1) is 12.6 Å². The Morgan fingerprint density at radius 1 is 1.43 bits per heavy atom. The Kier molecular flexibility index (Phi) is 3.31. The maximum absolute atomic E-state index is 9.12.